The quantitative estimate of drug-likeness (QED) is 0.783. The molecule has 0 atom stereocenters. The minimum Gasteiger partial charge on any atom is -0.477 e. The highest BCUT2D eigenvalue weighted by Crippen LogP contribution is 2.13. The highest BCUT2D eigenvalue weighted by molar-refractivity contribution is 5.23. The molecule has 17 heavy (non-hydrogen) atoms. The third-order valence-corrected chi connectivity index (χ3v) is 2.59. The Labute approximate surface area is 104 Å². The molecule has 0 aromatic carbocycles. The van der Waals surface area contributed by atoms with Crippen molar-refractivity contribution in [1.82, 2.24) is 9.88 Å². The van der Waals surface area contributed by atoms with E-state index in [4.69, 9.17) is 4.74 Å². The van der Waals surface area contributed by atoms with Crippen molar-refractivity contribution >= 4 is 0 Å². The van der Waals surface area contributed by atoms with Crippen LogP contribution >= 0.6 is 0 Å². The number of hydrogen-bond donors (Lipinski definition) is 0. The van der Waals surface area contributed by atoms with Crippen LogP contribution < -0.4 is 4.74 Å². The first-order valence-corrected chi connectivity index (χ1v) is 5.93. The zero-order valence-electron chi connectivity index (χ0n) is 11.4. The third-order valence-electron chi connectivity index (χ3n) is 2.59. The predicted molar refractivity (Wildman–Crippen MR) is 71.3 cm³/mol. The van der Waals surface area contributed by atoms with Crippen molar-refractivity contribution in [3.63, 3.8) is 0 Å². The number of rotatable bonds is 5. The number of aromatic nitrogens is 1. The van der Waals surface area contributed by atoms with Crippen molar-refractivity contribution in [2.75, 3.05) is 20.7 Å². The second-order valence-corrected chi connectivity index (χ2v) is 4.40. The van der Waals surface area contributed by atoms with Gasteiger partial charge in [-0.05, 0) is 32.4 Å². The number of allylic oxidation sites excluding steroid dienone is 1. The van der Waals surface area contributed by atoms with Crippen LogP contribution in [0.4, 0.5) is 0 Å². The summed E-state index contributed by atoms with van der Waals surface area (Å²) in [4.78, 5) is 6.46. The highest BCUT2D eigenvalue weighted by atomic mass is 16.5. The molecule has 0 saturated carbocycles. The van der Waals surface area contributed by atoms with Gasteiger partial charge in [-0.1, -0.05) is 6.08 Å². The smallest absolute Gasteiger partial charge is 0.213 e. The number of aryl methyl sites for hydroxylation is 2. The van der Waals surface area contributed by atoms with Crippen LogP contribution in [0.5, 0.6) is 5.88 Å². The van der Waals surface area contributed by atoms with Crippen molar-refractivity contribution in [3.05, 3.63) is 35.2 Å². The summed E-state index contributed by atoms with van der Waals surface area (Å²) in [7, 11) is 4.09. The van der Waals surface area contributed by atoms with Gasteiger partial charge < -0.3 is 9.64 Å². The Morgan fingerprint density at radius 3 is 2.59 bits per heavy atom. The van der Waals surface area contributed by atoms with E-state index in [0.717, 1.165) is 18.0 Å². The van der Waals surface area contributed by atoms with Gasteiger partial charge >= 0.3 is 0 Å². The van der Waals surface area contributed by atoms with Gasteiger partial charge in [0.1, 0.15) is 0 Å². The monoisotopic (exact) mass is 234 g/mol. The molecule has 0 amide bonds. The lowest BCUT2D eigenvalue weighted by molar-refractivity contribution is 0.295. The largest absolute Gasteiger partial charge is 0.477 e. The van der Waals surface area contributed by atoms with E-state index in [-0.39, 0.29) is 0 Å². The minimum atomic E-state index is 0.660. The fraction of sp³-hybridized carbons (Fsp3) is 0.500. The van der Waals surface area contributed by atoms with E-state index in [0.29, 0.717) is 6.61 Å². The number of hydrogen-bond acceptors (Lipinski definition) is 3. The molecule has 0 unspecified atom stereocenters. The van der Waals surface area contributed by atoms with Crippen LogP contribution in [-0.2, 0) is 0 Å². The van der Waals surface area contributed by atoms with Gasteiger partial charge in [-0.2, -0.15) is 0 Å². The summed E-state index contributed by atoms with van der Waals surface area (Å²) in [5.74, 6) is 0.719. The summed E-state index contributed by atoms with van der Waals surface area (Å²) < 4.78 is 5.67. The second-order valence-electron chi connectivity index (χ2n) is 4.40. The Bertz CT molecular complexity index is 377. The van der Waals surface area contributed by atoms with Gasteiger partial charge in [-0.3, -0.25) is 0 Å². The third kappa shape index (κ3) is 4.47. The maximum absolute atomic E-state index is 5.67. The summed E-state index contributed by atoms with van der Waals surface area (Å²) in [6.45, 7) is 6.74. The molecule has 94 valence electrons. The Kier molecular flexibility index (Phi) is 5.01. The fourth-order valence-electron chi connectivity index (χ4n) is 1.76. The van der Waals surface area contributed by atoms with Crippen LogP contribution in [0.15, 0.2) is 23.9 Å². The van der Waals surface area contributed by atoms with Gasteiger partial charge in [0, 0.05) is 38.0 Å². The van der Waals surface area contributed by atoms with Gasteiger partial charge in [-0.15, -0.1) is 0 Å². The first-order chi connectivity index (χ1) is 8.02. The maximum Gasteiger partial charge on any atom is 0.213 e. The Morgan fingerprint density at radius 1 is 1.35 bits per heavy atom. The van der Waals surface area contributed by atoms with Crippen LogP contribution in [0, 0.1) is 13.8 Å². The predicted octanol–water partition coefficient (Wildman–Crippen LogP) is 2.93. The topological polar surface area (TPSA) is 25.4 Å². The van der Waals surface area contributed by atoms with Gasteiger partial charge in [0.15, 0.2) is 0 Å². The van der Waals surface area contributed by atoms with Gasteiger partial charge in [-0.25, -0.2) is 4.98 Å². The van der Waals surface area contributed by atoms with E-state index >= 15 is 0 Å². The van der Waals surface area contributed by atoms with Crippen molar-refractivity contribution in [2.45, 2.75) is 27.2 Å². The van der Waals surface area contributed by atoms with Crippen LogP contribution in [-0.4, -0.2) is 30.6 Å². The minimum absolute atomic E-state index is 0.660. The average Bonchev–Trinajstić information content (AvgIpc) is 2.22. The zero-order valence-corrected chi connectivity index (χ0v) is 11.4. The molecular formula is C14H22N2O. The Morgan fingerprint density at radius 2 is 2.06 bits per heavy atom. The van der Waals surface area contributed by atoms with E-state index in [1.165, 1.54) is 11.3 Å². The number of pyridine rings is 1. The maximum atomic E-state index is 5.67. The van der Waals surface area contributed by atoms with E-state index in [9.17, 15) is 0 Å². The molecule has 1 rings (SSSR count). The first kappa shape index (κ1) is 13.6. The average molecular weight is 234 g/mol. The van der Waals surface area contributed by atoms with Crippen LogP contribution in [0.25, 0.3) is 0 Å². The molecule has 0 aliphatic carbocycles. The van der Waals surface area contributed by atoms with Crippen LogP contribution in [0.3, 0.4) is 0 Å². The molecule has 0 aliphatic rings. The van der Waals surface area contributed by atoms with Crippen molar-refractivity contribution < 1.29 is 4.74 Å². The highest BCUT2D eigenvalue weighted by Gasteiger charge is 2.01. The van der Waals surface area contributed by atoms with Crippen molar-refractivity contribution in [3.8, 4) is 5.88 Å². The second kappa shape index (κ2) is 6.28. The van der Waals surface area contributed by atoms with Crippen molar-refractivity contribution in [2.24, 2.45) is 0 Å². The molecule has 3 nitrogen and oxygen atoms in total. The lowest BCUT2D eigenvalue weighted by Crippen LogP contribution is -2.14. The molecule has 0 spiro atoms. The number of nitrogens with zero attached hydrogens (tertiary/aromatic N) is 2. The lowest BCUT2D eigenvalue weighted by Gasteiger charge is -2.17. The Balaban J connectivity index is 2.51. The lowest BCUT2D eigenvalue weighted by atomic mass is 10.2. The molecule has 0 fully saturated rings. The molecule has 0 bridgehead atoms. The van der Waals surface area contributed by atoms with Gasteiger partial charge in [0.05, 0.1) is 6.61 Å². The summed E-state index contributed by atoms with van der Waals surface area (Å²) in [5.41, 5.74) is 3.46. The standard InChI is InChI=1S/C14H22N2O/c1-6-13(16(4)5)7-8-17-14-10-11(2)9-12(3)15-14/h6,9-10H,7-8H2,1-5H3/b13-6-. The molecule has 0 radical (unpaired) electrons. The molecule has 1 aromatic rings. The fourth-order valence-corrected chi connectivity index (χ4v) is 1.76. The van der Waals surface area contributed by atoms with Crippen molar-refractivity contribution in [1.29, 1.82) is 0 Å². The SMILES string of the molecule is C/C=C(/CCOc1cc(C)cc(C)n1)N(C)C. The van der Waals surface area contributed by atoms with Gasteiger partial charge in [0.2, 0.25) is 5.88 Å². The van der Waals surface area contributed by atoms with Crippen LogP contribution in [0.1, 0.15) is 24.6 Å². The molecule has 1 aromatic heterocycles. The summed E-state index contributed by atoms with van der Waals surface area (Å²) in [6.07, 6.45) is 3.01. The normalized spacial score (nSPS) is 11.5. The zero-order chi connectivity index (χ0) is 12.8. The molecule has 0 aliphatic heterocycles. The Hall–Kier alpha value is -1.51. The molecule has 0 N–H and O–H groups in total. The molecule has 1 heterocycles. The summed E-state index contributed by atoms with van der Waals surface area (Å²) >= 11 is 0. The number of ether oxygens (including phenoxy) is 1. The molecule has 3 heteroatoms. The van der Waals surface area contributed by atoms with E-state index in [1.54, 1.807) is 0 Å². The van der Waals surface area contributed by atoms with Gasteiger partial charge in [0.25, 0.3) is 0 Å². The molecule has 0 saturated heterocycles. The van der Waals surface area contributed by atoms with Crippen LogP contribution in [0.2, 0.25) is 0 Å². The summed E-state index contributed by atoms with van der Waals surface area (Å²) in [5, 5.41) is 0. The van der Waals surface area contributed by atoms with E-state index in [1.807, 2.05) is 40.1 Å². The van der Waals surface area contributed by atoms with E-state index < -0.39 is 0 Å². The first-order valence-electron chi connectivity index (χ1n) is 5.93. The van der Waals surface area contributed by atoms with E-state index in [2.05, 4.69) is 22.9 Å². The molecular weight excluding hydrogens is 212 g/mol. The summed E-state index contributed by atoms with van der Waals surface area (Å²) in [6, 6.07) is 4.02.